The topological polar surface area (TPSA) is 68.3 Å². The van der Waals surface area contributed by atoms with Gasteiger partial charge in [-0.25, -0.2) is 9.78 Å². The predicted molar refractivity (Wildman–Crippen MR) is 89.5 cm³/mol. The van der Waals surface area contributed by atoms with Crippen LogP contribution in [0.25, 0.3) is 0 Å². The van der Waals surface area contributed by atoms with Crippen LogP contribution in [0.1, 0.15) is 52.0 Å². The van der Waals surface area contributed by atoms with Crippen molar-refractivity contribution in [3.63, 3.8) is 0 Å². The molecule has 2 rings (SSSR count). The molecule has 0 bridgehead atoms. The van der Waals surface area contributed by atoms with Crippen molar-refractivity contribution in [1.29, 1.82) is 0 Å². The van der Waals surface area contributed by atoms with Crippen LogP contribution in [0.4, 0.5) is 0 Å². The van der Waals surface area contributed by atoms with Gasteiger partial charge in [0, 0.05) is 11.9 Å². The maximum Gasteiger partial charge on any atom is 0.338 e. The Labute approximate surface area is 139 Å². The van der Waals surface area contributed by atoms with Crippen molar-refractivity contribution in [3.8, 4) is 0 Å². The molecule has 122 valence electrons. The summed E-state index contributed by atoms with van der Waals surface area (Å²) in [5.74, 6) is -0.579. The molecule has 2 aromatic rings. The molecule has 0 spiro atoms. The van der Waals surface area contributed by atoms with E-state index in [1.807, 2.05) is 6.07 Å². The number of hydrogen-bond donors (Lipinski definition) is 1. The van der Waals surface area contributed by atoms with Crippen molar-refractivity contribution in [2.75, 3.05) is 6.54 Å². The van der Waals surface area contributed by atoms with E-state index < -0.39 is 5.97 Å². The molecule has 0 saturated heterocycles. The van der Waals surface area contributed by atoms with Gasteiger partial charge in [-0.1, -0.05) is 38.0 Å². The molecule has 6 heteroatoms. The number of carbonyl (C=O) groups excluding carboxylic acids is 2. The van der Waals surface area contributed by atoms with Crippen LogP contribution in [0.2, 0.25) is 0 Å². The van der Waals surface area contributed by atoms with Gasteiger partial charge in [-0.15, -0.1) is 11.3 Å². The van der Waals surface area contributed by atoms with E-state index >= 15 is 0 Å². The molecule has 1 heterocycles. The number of aromatic nitrogens is 1. The van der Waals surface area contributed by atoms with Crippen LogP contribution in [-0.2, 0) is 11.3 Å². The zero-order valence-corrected chi connectivity index (χ0v) is 13.9. The largest absolute Gasteiger partial charge is 0.455 e. The van der Waals surface area contributed by atoms with Crippen molar-refractivity contribution in [2.24, 2.45) is 0 Å². The summed E-state index contributed by atoms with van der Waals surface area (Å²) in [5.41, 5.74) is 0.871. The number of benzene rings is 1. The Morgan fingerprint density at radius 1 is 1.22 bits per heavy atom. The molecule has 0 aliphatic rings. The van der Waals surface area contributed by atoms with E-state index in [2.05, 4.69) is 17.2 Å². The predicted octanol–water partition coefficient (Wildman–Crippen LogP) is 3.42. The Morgan fingerprint density at radius 2 is 2.00 bits per heavy atom. The van der Waals surface area contributed by atoms with Crippen LogP contribution in [0.3, 0.4) is 0 Å². The van der Waals surface area contributed by atoms with E-state index in [1.165, 1.54) is 11.3 Å². The molecule has 0 radical (unpaired) electrons. The van der Waals surface area contributed by atoms with Gasteiger partial charge in [0.25, 0.3) is 5.91 Å². The Bertz CT molecular complexity index is 640. The molecule has 0 saturated carbocycles. The van der Waals surface area contributed by atoms with Gasteiger partial charge in [-0.3, -0.25) is 4.79 Å². The monoisotopic (exact) mass is 332 g/mol. The molecule has 0 fully saturated rings. The fourth-order valence-electron chi connectivity index (χ4n) is 1.93. The highest BCUT2D eigenvalue weighted by atomic mass is 32.1. The minimum Gasteiger partial charge on any atom is -0.455 e. The van der Waals surface area contributed by atoms with Crippen molar-refractivity contribution >= 4 is 23.2 Å². The number of unbranched alkanes of at least 4 members (excludes halogenated alkanes) is 2. The number of nitrogens with one attached hydrogen (secondary N) is 1. The van der Waals surface area contributed by atoms with E-state index in [0.717, 1.165) is 19.3 Å². The molecule has 1 N–H and O–H groups in total. The van der Waals surface area contributed by atoms with Gasteiger partial charge in [0.2, 0.25) is 0 Å². The first-order valence-electron chi connectivity index (χ1n) is 7.65. The Balaban J connectivity index is 1.80. The number of ether oxygens (including phenoxy) is 1. The van der Waals surface area contributed by atoms with Crippen LogP contribution in [0.15, 0.2) is 35.7 Å². The van der Waals surface area contributed by atoms with E-state index in [-0.39, 0.29) is 12.5 Å². The fraction of sp³-hybridized carbons (Fsp3) is 0.353. The Morgan fingerprint density at radius 3 is 2.74 bits per heavy atom. The molecule has 23 heavy (non-hydrogen) atoms. The molecule has 0 aliphatic heterocycles. The Hall–Kier alpha value is -2.21. The minimum absolute atomic E-state index is 0.0709. The van der Waals surface area contributed by atoms with E-state index in [4.69, 9.17) is 4.74 Å². The van der Waals surface area contributed by atoms with Crippen LogP contribution >= 0.6 is 11.3 Å². The molecular formula is C17H20N2O3S. The first kappa shape index (κ1) is 17.1. The smallest absolute Gasteiger partial charge is 0.338 e. The summed E-state index contributed by atoms with van der Waals surface area (Å²) in [6, 6.07) is 8.78. The normalized spacial score (nSPS) is 10.3. The van der Waals surface area contributed by atoms with Crippen molar-refractivity contribution < 1.29 is 14.3 Å². The highest BCUT2D eigenvalue weighted by Gasteiger charge is 2.12. The number of rotatable bonds is 8. The fourth-order valence-corrected chi connectivity index (χ4v) is 2.62. The molecule has 1 aromatic carbocycles. The number of amides is 1. The summed E-state index contributed by atoms with van der Waals surface area (Å²) in [7, 11) is 0. The zero-order valence-electron chi connectivity index (χ0n) is 13.1. The highest BCUT2D eigenvalue weighted by Crippen LogP contribution is 2.12. The summed E-state index contributed by atoms with van der Waals surface area (Å²) < 4.78 is 5.20. The molecular weight excluding hydrogens is 312 g/mol. The third-order valence-electron chi connectivity index (χ3n) is 3.19. The van der Waals surface area contributed by atoms with Crippen molar-refractivity contribution in [1.82, 2.24) is 10.3 Å². The van der Waals surface area contributed by atoms with Crippen LogP contribution < -0.4 is 5.32 Å². The second kappa shape index (κ2) is 9.05. The number of thiazole rings is 1. The number of esters is 1. The first-order valence-corrected chi connectivity index (χ1v) is 8.53. The van der Waals surface area contributed by atoms with Gasteiger partial charge in [0.15, 0.2) is 0 Å². The van der Waals surface area contributed by atoms with Crippen LogP contribution in [-0.4, -0.2) is 23.4 Å². The standard InChI is InChI=1S/C17H20N2O3S/c1-2-3-7-10-18-16(20)14-12-23-15(19-14)11-22-17(21)13-8-5-4-6-9-13/h4-6,8-9,12H,2-3,7,10-11H2,1H3,(H,18,20). The summed E-state index contributed by atoms with van der Waals surface area (Å²) in [6.07, 6.45) is 3.18. The maximum absolute atomic E-state index is 11.9. The lowest BCUT2D eigenvalue weighted by Crippen LogP contribution is -2.24. The molecule has 1 aromatic heterocycles. The lowest BCUT2D eigenvalue weighted by molar-refractivity contribution is 0.0472. The van der Waals surface area contributed by atoms with Gasteiger partial charge < -0.3 is 10.1 Å². The molecule has 0 atom stereocenters. The Kier molecular flexibility index (Phi) is 6.75. The number of nitrogens with zero attached hydrogens (tertiary/aromatic N) is 1. The maximum atomic E-state index is 11.9. The molecule has 5 nitrogen and oxygen atoms in total. The van der Waals surface area contributed by atoms with Gasteiger partial charge in [-0.05, 0) is 18.6 Å². The highest BCUT2D eigenvalue weighted by molar-refractivity contribution is 7.09. The van der Waals surface area contributed by atoms with Gasteiger partial charge in [0.1, 0.15) is 17.3 Å². The number of carbonyl (C=O) groups is 2. The summed E-state index contributed by atoms with van der Waals surface area (Å²) >= 11 is 1.31. The lowest BCUT2D eigenvalue weighted by atomic mass is 10.2. The lowest BCUT2D eigenvalue weighted by Gasteiger charge is -2.03. The van der Waals surface area contributed by atoms with Gasteiger partial charge in [0.05, 0.1) is 5.56 Å². The first-order chi connectivity index (χ1) is 11.2. The van der Waals surface area contributed by atoms with E-state index in [0.29, 0.717) is 22.8 Å². The van der Waals surface area contributed by atoms with Gasteiger partial charge >= 0.3 is 5.97 Å². The average molecular weight is 332 g/mol. The SMILES string of the molecule is CCCCCNC(=O)c1csc(COC(=O)c2ccccc2)n1. The van der Waals surface area contributed by atoms with Gasteiger partial charge in [-0.2, -0.15) is 0 Å². The number of hydrogen-bond acceptors (Lipinski definition) is 5. The van der Waals surface area contributed by atoms with E-state index in [9.17, 15) is 9.59 Å². The zero-order chi connectivity index (χ0) is 16.5. The molecule has 0 unspecified atom stereocenters. The summed E-state index contributed by atoms with van der Waals surface area (Å²) in [6.45, 7) is 2.84. The average Bonchev–Trinajstić information content (AvgIpc) is 3.06. The molecule has 0 aliphatic carbocycles. The summed E-state index contributed by atoms with van der Waals surface area (Å²) in [5, 5.41) is 5.12. The third kappa shape index (κ3) is 5.49. The summed E-state index contributed by atoms with van der Waals surface area (Å²) in [4.78, 5) is 27.9. The second-order valence-electron chi connectivity index (χ2n) is 5.03. The van der Waals surface area contributed by atoms with Crippen molar-refractivity contribution in [2.45, 2.75) is 32.8 Å². The minimum atomic E-state index is -0.397. The second-order valence-corrected chi connectivity index (χ2v) is 5.97. The quantitative estimate of drug-likeness (QED) is 0.594. The van der Waals surface area contributed by atoms with Crippen molar-refractivity contribution in [3.05, 3.63) is 52.0 Å². The molecule has 1 amide bonds. The van der Waals surface area contributed by atoms with Crippen LogP contribution in [0.5, 0.6) is 0 Å². The third-order valence-corrected chi connectivity index (χ3v) is 4.01. The van der Waals surface area contributed by atoms with Crippen LogP contribution in [0, 0.1) is 0 Å². The van der Waals surface area contributed by atoms with E-state index in [1.54, 1.807) is 29.6 Å².